The summed E-state index contributed by atoms with van der Waals surface area (Å²) in [5.41, 5.74) is 2.09. The summed E-state index contributed by atoms with van der Waals surface area (Å²) in [5, 5.41) is 0. The van der Waals surface area contributed by atoms with Crippen molar-refractivity contribution >= 4 is 23.3 Å². The highest BCUT2D eigenvalue weighted by molar-refractivity contribution is 7.99. The molecule has 1 aliphatic carbocycles. The maximum atomic E-state index is 12.7. The summed E-state index contributed by atoms with van der Waals surface area (Å²) in [6.45, 7) is 1.11. The first-order valence-electron chi connectivity index (χ1n) is 8.12. The first-order chi connectivity index (χ1) is 11.4. The van der Waals surface area contributed by atoms with Gasteiger partial charge in [0.1, 0.15) is 0 Å². The Kier molecular flexibility index (Phi) is 4.61. The van der Waals surface area contributed by atoms with Crippen molar-refractivity contribution in [1.29, 1.82) is 0 Å². The van der Waals surface area contributed by atoms with E-state index in [0.29, 0.717) is 22.3 Å². The smallest absolute Gasteiger partial charge is 0.194 e. The number of nitrogens with zero attached hydrogens (tertiary/aromatic N) is 1. The highest BCUT2D eigenvalue weighted by Gasteiger charge is 2.29. The van der Waals surface area contributed by atoms with Gasteiger partial charge in [0.25, 0.3) is 0 Å². The molecule has 0 fully saturated rings. The van der Waals surface area contributed by atoms with E-state index < -0.39 is 0 Å². The molecule has 0 bridgehead atoms. The van der Waals surface area contributed by atoms with Gasteiger partial charge in [-0.05, 0) is 18.2 Å². The predicted molar refractivity (Wildman–Crippen MR) is 98.0 cm³/mol. The van der Waals surface area contributed by atoms with Crippen molar-refractivity contribution in [3.8, 4) is 0 Å². The number of fused-ring (bicyclic) bond motifs is 2. The highest BCUT2D eigenvalue weighted by Crippen LogP contribution is 2.30. The highest BCUT2D eigenvalue weighted by atomic mass is 32.2. The van der Waals surface area contributed by atoms with E-state index in [1.54, 1.807) is 42.1 Å². The second kappa shape index (κ2) is 6.54. The lowest BCUT2D eigenvalue weighted by Crippen LogP contribution is -2.35. The molecule has 1 aliphatic rings. The fourth-order valence-corrected chi connectivity index (χ4v) is 3.77. The second-order valence-electron chi connectivity index (χ2n) is 7.13. The molecular formula is C20H22NO2S+. The monoisotopic (exact) mass is 340 g/mol. The third-order valence-electron chi connectivity index (χ3n) is 4.14. The Hall–Kier alpha value is -1.91. The average molecular weight is 340 g/mol. The zero-order valence-electron chi connectivity index (χ0n) is 14.3. The minimum Gasteiger partial charge on any atom is -0.331 e. The largest absolute Gasteiger partial charge is 0.331 e. The molecule has 3 nitrogen and oxygen atoms in total. The molecule has 0 spiro atoms. The van der Waals surface area contributed by atoms with Crippen LogP contribution in [0.25, 0.3) is 0 Å². The van der Waals surface area contributed by atoms with Gasteiger partial charge in [-0.25, -0.2) is 0 Å². The first-order valence-corrected chi connectivity index (χ1v) is 9.11. The van der Waals surface area contributed by atoms with Crippen molar-refractivity contribution in [2.24, 2.45) is 0 Å². The Labute approximate surface area is 147 Å². The molecule has 0 saturated heterocycles. The molecular weight excluding hydrogens is 318 g/mol. The van der Waals surface area contributed by atoms with Crippen molar-refractivity contribution < 1.29 is 14.1 Å². The lowest BCUT2D eigenvalue weighted by molar-refractivity contribution is -0.870. The molecule has 24 heavy (non-hydrogen) atoms. The number of rotatable bonds is 5. The van der Waals surface area contributed by atoms with E-state index in [1.807, 2.05) is 12.1 Å². The molecule has 0 N–H and O–H groups in total. The maximum Gasteiger partial charge on any atom is 0.194 e. The van der Waals surface area contributed by atoms with Gasteiger partial charge in [-0.3, -0.25) is 9.59 Å². The summed E-state index contributed by atoms with van der Waals surface area (Å²) in [7, 11) is 6.56. The molecule has 0 aromatic heterocycles. The summed E-state index contributed by atoms with van der Waals surface area (Å²) in [6.07, 6.45) is 1.11. The van der Waals surface area contributed by atoms with Gasteiger partial charge in [-0.2, -0.15) is 0 Å². The lowest BCUT2D eigenvalue weighted by Gasteiger charge is -2.23. The quantitative estimate of drug-likeness (QED) is 0.404. The Morgan fingerprint density at radius 1 is 0.833 bits per heavy atom. The van der Waals surface area contributed by atoms with Crippen LogP contribution in [0.15, 0.2) is 47.4 Å². The number of benzene rings is 2. The van der Waals surface area contributed by atoms with E-state index in [-0.39, 0.29) is 11.6 Å². The minimum absolute atomic E-state index is 0.0472. The van der Waals surface area contributed by atoms with Gasteiger partial charge in [-0.1, -0.05) is 24.3 Å². The Morgan fingerprint density at radius 3 is 2.04 bits per heavy atom. The Bertz CT molecular complexity index is 806. The summed E-state index contributed by atoms with van der Waals surface area (Å²) in [4.78, 5) is 26.3. The minimum atomic E-state index is -0.0539. The summed E-state index contributed by atoms with van der Waals surface area (Å²) < 4.78 is 0.953. The van der Waals surface area contributed by atoms with Crippen LogP contribution in [-0.2, 0) is 0 Å². The molecule has 3 rings (SSSR count). The van der Waals surface area contributed by atoms with Gasteiger partial charge < -0.3 is 4.48 Å². The van der Waals surface area contributed by atoms with Crippen LogP contribution < -0.4 is 0 Å². The van der Waals surface area contributed by atoms with E-state index >= 15 is 0 Å². The molecule has 0 amide bonds. The molecule has 0 radical (unpaired) electrons. The number of ketones is 2. The number of thioether (sulfide) groups is 1. The Morgan fingerprint density at radius 2 is 1.42 bits per heavy atom. The van der Waals surface area contributed by atoms with E-state index in [2.05, 4.69) is 21.1 Å². The van der Waals surface area contributed by atoms with Crippen LogP contribution in [-0.4, -0.2) is 49.5 Å². The fourth-order valence-electron chi connectivity index (χ4n) is 2.90. The van der Waals surface area contributed by atoms with E-state index in [4.69, 9.17) is 0 Å². The van der Waals surface area contributed by atoms with Crippen molar-refractivity contribution in [2.75, 3.05) is 33.4 Å². The van der Waals surface area contributed by atoms with E-state index in [9.17, 15) is 9.59 Å². The third kappa shape index (κ3) is 3.45. The number of hydrogen-bond acceptors (Lipinski definition) is 3. The van der Waals surface area contributed by atoms with Gasteiger partial charge in [-0.15, -0.1) is 11.8 Å². The fraction of sp³-hybridized carbons (Fsp3) is 0.300. The zero-order chi connectivity index (χ0) is 17.3. The molecule has 0 heterocycles. The molecule has 0 unspecified atom stereocenters. The molecule has 2 aromatic carbocycles. The normalized spacial score (nSPS) is 13.6. The average Bonchev–Trinajstić information content (AvgIpc) is 2.56. The van der Waals surface area contributed by atoms with Gasteiger partial charge in [0.15, 0.2) is 11.6 Å². The molecule has 2 aromatic rings. The van der Waals surface area contributed by atoms with Crippen LogP contribution in [0.2, 0.25) is 0 Å². The summed E-state index contributed by atoms with van der Waals surface area (Å²) >= 11 is 1.74. The van der Waals surface area contributed by atoms with Crippen molar-refractivity contribution in [3.63, 3.8) is 0 Å². The molecule has 0 atom stereocenters. The van der Waals surface area contributed by atoms with Crippen molar-refractivity contribution in [2.45, 2.75) is 11.3 Å². The van der Waals surface area contributed by atoms with Crippen molar-refractivity contribution in [1.82, 2.24) is 0 Å². The molecule has 0 aliphatic heterocycles. The molecule has 4 heteroatoms. The van der Waals surface area contributed by atoms with Crippen LogP contribution in [0.1, 0.15) is 38.3 Å². The number of carbonyl (C=O) groups excluding carboxylic acids is 2. The topological polar surface area (TPSA) is 34.1 Å². The van der Waals surface area contributed by atoms with Crippen LogP contribution >= 0.6 is 11.8 Å². The summed E-state index contributed by atoms with van der Waals surface area (Å²) in [6, 6.07) is 12.7. The van der Waals surface area contributed by atoms with Crippen LogP contribution in [0.5, 0.6) is 0 Å². The van der Waals surface area contributed by atoms with Crippen molar-refractivity contribution in [3.05, 3.63) is 64.7 Å². The predicted octanol–water partition coefficient (Wildman–Crippen LogP) is 3.65. The first kappa shape index (κ1) is 16.9. The van der Waals surface area contributed by atoms with Crippen LogP contribution in [0.3, 0.4) is 0 Å². The SMILES string of the molecule is C[N+](C)(C)CCCSc1ccc2c(c1)C(=O)c1ccccc1C2=O. The Balaban J connectivity index is 1.79. The number of carbonyl (C=O) groups is 2. The standard InChI is InChI=1S/C20H22NO2S/c1-21(2,3)11-6-12-24-14-9-10-17-18(13-14)20(23)16-8-5-4-7-15(16)19(17)22/h4-5,7-10,13H,6,11-12H2,1-3H3/q+1. The third-order valence-corrected chi connectivity index (χ3v) is 5.22. The van der Waals surface area contributed by atoms with E-state index in [1.165, 1.54) is 0 Å². The molecule has 124 valence electrons. The number of quaternary nitrogens is 1. The van der Waals surface area contributed by atoms with Crippen LogP contribution in [0, 0.1) is 0 Å². The van der Waals surface area contributed by atoms with Gasteiger partial charge in [0, 0.05) is 39.3 Å². The van der Waals surface area contributed by atoms with Gasteiger partial charge >= 0.3 is 0 Å². The zero-order valence-corrected chi connectivity index (χ0v) is 15.2. The lowest BCUT2D eigenvalue weighted by atomic mass is 9.84. The summed E-state index contributed by atoms with van der Waals surface area (Å²) in [5.74, 6) is 0.906. The van der Waals surface area contributed by atoms with Gasteiger partial charge in [0.05, 0.1) is 27.7 Å². The van der Waals surface area contributed by atoms with E-state index in [0.717, 1.165) is 28.1 Å². The number of hydrogen-bond donors (Lipinski definition) is 0. The van der Waals surface area contributed by atoms with Gasteiger partial charge in [0.2, 0.25) is 0 Å². The maximum absolute atomic E-state index is 12.7. The van der Waals surface area contributed by atoms with Crippen LogP contribution in [0.4, 0.5) is 0 Å². The second-order valence-corrected chi connectivity index (χ2v) is 8.30. The molecule has 0 saturated carbocycles.